The van der Waals surface area contributed by atoms with Crippen LogP contribution in [0, 0.1) is 11.8 Å². The highest BCUT2D eigenvalue weighted by Gasteiger charge is 2.36. The van der Waals surface area contributed by atoms with Crippen LogP contribution >= 0.6 is 0 Å². The quantitative estimate of drug-likeness (QED) is 0.656. The molecule has 0 atom stereocenters. The number of methoxy groups -OCH3 is 1. The van der Waals surface area contributed by atoms with E-state index in [0.29, 0.717) is 6.04 Å². The van der Waals surface area contributed by atoms with Gasteiger partial charge in [-0.3, -0.25) is 0 Å². The zero-order valence-electron chi connectivity index (χ0n) is 14.2. The Morgan fingerprint density at radius 1 is 1.10 bits per heavy atom. The molecule has 3 heteroatoms. The number of nitrogens with one attached hydrogen (secondary N) is 1. The summed E-state index contributed by atoms with van der Waals surface area (Å²) < 4.78 is 11.4. The van der Waals surface area contributed by atoms with Crippen LogP contribution in [-0.2, 0) is 9.47 Å². The summed E-state index contributed by atoms with van der Waals surface area (Å²) in [6.45, 7) is 11.7. The summed E-state index contributed by atoms with van der Waals surface area (Å²) in [6, 6.07) is 0.525. The second-order valence-corrected chi connectivity index (χ2v) is 6.99. The van der Waals surface area contributed by atoms with E-state index >= 15 is 0 Å². The summed E-state index contributed by atoms with van der Waals surface area (Å²) in [5.41, 5.74) is 0.0589. The molecule has 0 aromatic heterocycles. The minimum Gasteiger partial charge on any atom is -0.385 e. The molecule has 0 unspecified atom stereocenters. The van der Waals surface area contributed by atoms with E-state index in [9.17, 15) is 0 Å². The Kier molecular flexibility index (Phi) is 8.08. The lowest BCUT2D eigenvalue weighted by atomic mass is 9.74. The van der Waals surface area contributed by atoms with E-state index in [0.717, 1.165) is 38.0 Å². The molecule has 1 N–H and O–H groups in total. The number of hydrogen-bond acceptors (Lipinski definition) is 3. The molecule has 120 valence electrons. The van der Waals surface area contributed by atoms with Gasteiger partial charge in [-0.15, -0.1) is 0 Å². The topological polar surface area (TPSA) is 30.5 Å². The van der Waals surface area contributed by atoms with Crippen molar-refractivity contribution in [3.63, 3.8) is 0 Å². The van der Waals surface area contributed by atoms with E-state index in [1.54, 1.807) is 7.11 Å². The first-order valence-corrected chi connectivity index (χ1v) is 8.35. The van der Waals surface area contributed by atoms with Crippen LogP contribution in [0.1, 0.15) is 59.8 Å². The fourth-order valence-corrected chi connectivity index (χ4v) is 3.09. The highest BCUT2D eigenvalue weighted by Crippen LogP contribution is 2.38. The van der Waals surface area contributed by atoms with Gasteiger partial charge in [0.1, 0.15) is 0 Å². The molecular formula is C17H35NO2. The predicted molar refractivity (Wildman–Crippen MR) is 85.1 cm³/mol. The first-order chi connectivity index (χ1) is 9.49. The van der Waals surface area contributed by atoms with E-state index < -0.39 is 0 Å². The summed E-state index contributed by atoms with van der Waals surface area (Å²) in [6.07, 6.45) is 6.00. The third kappa shape index (κ3) is 6.11. The van der Waals surface area contributed by atoms with Gasteiger partial charge in [-0.05, 0) is 43.9 Å². The number of hydrogen-bond donors (Lipinski definition) is 1. The Bertz CT molecular complexity index is 245. The largest absolute Gasteiger partial charge is 0.385 e. The summed E-state index contributed by atoms with van der Waals surface area (Å²) >= 11 is 0. The molecule has 0 spiro atoms. The van der Waals surface area contributed by atoms with Crippen molar-refractivity contribution in [2.45, 2.75) is 71.4 Å². The average Bonchev–Trinajstić information content (AvgIpc) is 2.42. The Morgan fingerprint density at radius 3 is 2.25 bits per heavy atom. The maximum atomic E-state index is 6.31. The van der Waals surface area contributed by atoms with Crippen molar-refractivity contribution in [1.82, 2.24) is 5.32 Å². The summed E-state index contributed by atoms with van der Waals surface area (Å²) in [5, 5.41) is 3.58. The standard InChI is InChI=1S/C17H35NO2/c1-14(2)16-7-9-17(10-8-16,13-18-15(3)4)20-12-6-11-19-5/h14-16,18H,6-13H2,1-5H3. The van der Waals surface area contributed by atoms with E-state index in [2.05, 4.69) is 33.0 Å². The Balaban J connectivity index is 2.48. The minimum absolute atomic E-state index is 0.0589. The van der Waals surface area contributed by atoms with Crippen molar-refractivity contribution < 1.29 is 9.47 Å². The molecule has 20 heavy (non-hydrogen) atoms. The summed E-state index contributed by atoms with van der Waals surface area (Å²) in [5.74, 6) is 1.68. The van der Waals surface area contributed by atoms with Gasteiger partial charge < -0.3 is 14.8 Å². The SMILES string of the molecule is COCCCOC1(CNC(C)C)CCC(C(C)C)CC1. The molecule has 1 rings (SSSR count). The maximum absolute atomic E-state index is 6.31. The molecule has 0 radical (unpaired) electrons. The average molecular weight is 285 g/mol. The summed E-state index contributed by atoms with van der Waals surface area (Å²) in [4.78, 5) is 0. The third-order valence-corrected chi connectivity index (χ3v) is 4.62. The zero-order valence-corrected chi connectivity index (χ0v) is 14.2. The molecule has 0 aliphatic heterocycles. The first kappa shape index (κ1) is 17.9. The van der Waals surface area contributed by atoms with Crippen molar-refractivity contribution in [3.8, 4) is 0 Å². The monoisotopic (exact) mass is 285 g/mol. The number of rotatable bonds is 9. The lowest BCUT2D eigenvalue weighted by molar-refractivity contribution is -0.0840. The van der Waals surface area contributed by atoms with Gasteiger partial charge in [-0.25, -0.2) is 0 Å². The first-order valence-electron chi connectivity index (χ1n) is 8.35. The molecule has 0 aromatic rings. The van der Waals surface area contributed by atoms with E-state index in [1.807, 2.05) is 0 Å². The molecule has 1 aliphatic rings. The van der Waals surface area contributed by atoms with E-state index in [1.165, 1.54) is 25.7 Å². The molecular weight excluding hydrogens is 250 g/mol. The van der Waals surface area contributed by atoms with Crippen molar-refractivity contribution in [2.24, 2.45) is 11.8 Å². The second kappa shape index (κ2) is 9.01. The fourth-order valence-electron chi connectivity index (χ4n) is 3.09. The van der Waals surface area contributed by atoms with Crippen LogP contribution in [0.3, 0.4) is 0 Å². The number of ether oxygens (including phenoxy) is 2. The molecule has 0 saturated heterocycles. The Morgan fingerprint density at radius 2 is 1.75 bits per heavy atom. The van der Waals surface area contributed by atoms with Crippen LogP contribution in [0.4, 0.5) is 0 Å². The van der Waals surface area contributed by atoms with Gasteiger partial charge in [-0.1, -0.05) is 27.7 Å². The van der Waals surface area contributed by atoms with Gasteiger partial charge in [-0.2, -0.15) is 0 Å². The van der Waals surface area contributed by atoms with Crippen molar-refractivity contribution in [1.29, 1.82) is 0 Å². The molecule has 0 heterocycles. The molecule has 1 saturated carbocycles. The highest BCUT2D eigenvalue weighted by molar-refractivity contribution is 4.90. The molecule has 0 aromatic carbocycles. The molecule has 1 aliphatic carbocycles. The molecule has 0 amide bonds. The van der Waals surface area contributed by atoms with E-state index in [-0.39, 0.29) is 5.60 Å². The van der Waals surface area contributed by atoms with Crippen LogP contribution < -0.4 is 5.32 Å². The van der Waals surface area contributed by atoms with Gasteiger partial charge in [0.05, 0.1) is 5.60 Å². The van der Waals surface area contributed by atoms with Gasteiger partial charge >= 0.3 is 0 Å². The lowest BCUT2D eigenvalue weighted by Gasteiger charge is -2.42. The second-order valence-electron chi connectivity index (χ2n) is 6.99. The van der Waals surface area contributed by atoms with Crippen molar-refractivity contribution in [2.75, 3.05) is 26.9 Å². The Labute approximate surface area is 125 Å². The van der Waals surface area contributed by atoms with Crippen molar-refractivity contribution in [3.05, 3.63) is 0 Å². The third-order valence-electron chi connectivity index (χ3n) is 4.62. The van der Waals surface area contributed by atoms with Crippen LogP contribution in [0.5, 0.6) is 0 Å². The van der Waals surface area contributed by atoms with Crippen LogP contribution in [0.15, 0.2) is 0 Å². The lowest BCUT2D eigenvalue weighted by Crippen LogP contribution is -2.48. The zero-order chi connectivity index (χ0) is 15.0. The smallest absolute Gasteiger partial charge is 0.0806 e. The van der Waals surface area contributed by atoms with Gasteiger partial charge in [0.25, 0.3) is 0 Å². The highest BCUT2D eigenvalue weighted by atomic mass is 16.5. The molecule has 1 fully saturated rings. The molecule has 3 nitrogen and oxygen atoms in total. The van der Waals surface area contributed by atoms with Crippen LogP contribution in [0.2, 0.25) is 0 Å². The van der Waals surface area contributed by atoms with E-state index in [4.69, 9.17) is 9.47 Å². The van der Waals surface area contributed by atoms with Gasteiger partial charge in [0.15, 0.2) is 0 Å². The molecule has 0 bridgehead atoms. The minimum atomic E-state index is 0.0589. The summed E-state index contributed by atoms with van der Waals surface area (Å²) in [7, 11) is 1.75. The predicted octanol–water partition coefficient (Wildman–Crippen LogP) is 3.62. The van der Waals surface area contributed by atoms with Gasteiger partial charge in [0, 0.05) is 32.9 Å². The van der Waals surface area contributed by atoms with Crippen molar-refractivity contribution >= 4 is 0 Å². The normalized spacial score (nSPS) is 27.4. The van der Waals surface area contributed by atoms with Crippen LogP contribution in [-0.4, -0.2) is 38.5 Å². The maximum Gasteiger partial charge on any atom is 0.0806 e. The van der Waals surface area contributed by atoms with Gasteiger partial charge in [0.2, 0.25) is 0 Å². The Hall–Kier alpha value is -0.120. The van der Waals surface area contributed by atoms with Crippen LogP contribution in [0.25, 0.3) is 0 Å². The fraction of sp³-hybridized carbons (Fsp3) is 1.00.